The summed E-state index contributed by atoms with van der Waals surface area (Å²) in [5.74, 6) is -3.95. The molecule has 1 aliphatic heterocycles. The third-order valence-corrected chi connectivity index (χ3v) is 3.16. The van der Waals surface area contributed by atoms with Gasteiger partial charge in [-0.1, -0.05) is 0 Å². The van der Waals surface area contributed by atoms with Crippen LogP contribution in [0.1, 0.15) is 24.5 Å². The van der Waals surface area contributed by atoms with E-state index in [1.165, 1.54) is 12.5 Å². The van der Waals surface area contributed by atoms with E-state index in [0.29, 0.717) is 12.2 Å². The van der Waals surface area contributed by atoms with Gasteiger partial charge in [0, 0.05) is 24.4 Å². The summed E-state index contributed by atoms with van der Waals surface area (Å²) < 4.78 is 51.6. The van der Waals surface area contributed by atoms with Gasteiger partial charge in [0.2, 0.25) is 0 Å². The lowest BCUT2D eigenvalue weighted by atomic mass is 9.96. The first-order valence-corrected chi connectivity index (χ1v) is 5.87. The Morgan fingerprint density at radius 2 is 2.28 bits per heavy atom. The normalized spacial score (nSPS) is 21.5. The topological polar surface area (TPSA) is 29.9 Å². The molecule has 0 aliphatic carbocycles. The van der Waals surface area contributed by atoms with Crippen LogP contribution in [0.5, 0.6) is 0 Å². The fourth-order valence-corrected chi connectivity index (χ4v) is 2.20. The van der Waals surface area contributed by atoms with Crippen LogP contribution in [-0.2, 0) is 6.54 Å². The van der Waals surface area contributed by atoms with E-state index < -0.39 is 18.9 Å². The zero-order chi connectivity index (χ0) is 13.2. The van der Waals surface area contributed by atoms with Crippen molar-refractivity contribution < 1.29 is 17.6 Å². The van der Waals surface area contributed by atoms with Gasteiger partial charge in [-0.05, 0) is 19.4 Å². The van der Waals surface area contributed by atoms with E-state index in [1.807, 2.05) is 0 Å². The highest BCUT2D eigenvalue weighted by molar-refractivity contribution is 5.08. The summed E-state index contributed by atoms with van der Waals surface area (Å²) in [6, 6.07) is 0. The lowest BCUT2D eigenvalue weighted by Gasteiger charge is -2.25. The SMILES string of the molecule is FC(F)C(F)(F)Cn1cncc1C1CCCNC1. The van der Waals surface area contributed by atoms with Gasteiger partial charge in [-0.15, -0.1) is 0 Å². The van der Waals surface area contributed by atoms with Crippen molar-refractivity contribution in [2.24, 2.45) is 0 Å². The number of piperidine rings is 1. The van der Waals surface area contributed by atoms with Gasteiger partial charge in [0.15, 0.2) is 0 Å². The third kappa shape index (κ3) is 2.82. The molecule has 3 nitrogen and oxygen atoms in total. The van der Waals surface area contributed by atoms with Gasteiger partial charge in [0.25, 0.3) is 0 Å². The molecular weight excluding hydrogens is 250 g/mol. The summed E-state index contributed by atoms with van der Waals surface area (Å²) in [6.07, 6.45) is 0.830. The minimum atomic E-state index is -4.02. The number of halogens is 4. The van der Waals surface area contributed by atoms with Crippen LogP contribution in [0.3, 0.4) is 0 Å². The molecule has 1 aliphatic rings. The highest BCUT2D eigenvalue weighted by Gasteiger charge is 2.41. The van der Waals surface area contributed by atoms with Crippen LogP contribution in [-0.4, -0.2) is 35.0 Å². The van der Waals surface area contributed by atoms with Crippen LogP contribution < -0.4 is 5.32 Å². The van der Waals surface area contributed by atoms with Crippen LogP contribution in [0, 0.1) is 0 Å². The van der Waals surface area contributed by atoms with Crippen LogP contribution in [0.25, 0.3) is 0 Å². The number of imidazole rings is 1. The Labute approximate surface area is 102 Å². The molecule has 1 unspecified atom stereocenters. The molecule has 2 heterocycles. The molecule has 1 saturated heterocycles. The summed E-state index contributed by atoms with van der Waals surface area (Å²) in [7, 11) is 0. The molecule has 0 radical (unpaired) electrons. The van der Waals surface area contributed by atoms with Crippen LogP contribution in [0.15, 0.2) is 12.5 Å². The number of hydrogen-bond donors (Lipinski definition) is 1. The number of rotatable bonds is 4. The second-order valence-electron chi connectivity index (χ2n) is 4.55. The summed E-state index contributed by atoms with van der Waals surface area (Å²) in [5, 5.41) is 3.16. The van der Waals surface area contributed by atoms with Gasteiger partial charge in [-0.2, -0.15) is 8.78 Å². The van der Waals surface area contributed by atoms with Gasteiger partial charge in [0.05, 0.1) is 12.9 Å². The molecule has 0 amide bonds. The first-order valence-electron chi connectivity index (χ1n) is 5.87. The van der Waals surface area contributed by atoms with Crippen LogP contribution >= 0.6 is 0 Å². The average Bonchev–Trinajstić information content (AvgIpc) is 2.77. The van der Waals surface area contributed by atoms with E-state index >= 15 is 0 Å². The Kier molecular flexibility index (Phi) is 3.89. The lowest BCUT2D eigenvalue weighted by molar-refractivity contribution is -0.138. The minimum Gasteiger partial charge on any atom is -0.328 e. The first-order chi connectivity index (χ1) is 8.50. The Bertz CT molecular complexity index is 385. The van der Waals surface area contributed by atoms with Crippen molar-refractivity contribution >= 4 is 0 Å². The van der Waals surface area contributed by atoms with Crippen molar-refractivity contribution in [2.75, 3.05) is 13.1 Å². The third-order valence-electron chi connectivity index (χ3n) is 3.16. The van der Waals surface area contributed by atoms with Gasteiger partial charge in [-0.25, -0.2) is 13.8 Å². The number of nitrogens with one attached hydrogen (secondary N) is 1. The monoisotopic (exact) mass is 265 g/mol. The molecule has 1 aromatic heterocycles. The Morgan fingerprint density at radius 3 is 2.89 bits per heavy atom. The maximum absolute atomic E-state index is 13.0. The molecule has 1 fully saturated rings. The fraction of sp³-hybridized carbons (Fsp3) is 0.727. The van der Waals surface area contributed by atoms with Gasteiger partial charge in [0.1, 0.15) is 0 Å². The predicted molar refractivity (Wildman–Crippen MR) is 58.0 cm³/mol. The largest absolute Gasteiger partial charge is 0.328 e. The highest BCUT2D eigenvalue weighted by atomic mass is 19.3. The number of alkyl halides is 4. The molecule has 1 N–H and O–H groups in total. The Morgan fingerprint density at radius 1 is 1.50 bits per heavy atom. The molecule has 2 rings (SSSR count). The number of nitrogens with zero attached hydrogens (tertiary/aromatic N) is 2. The molecular formula is C11H15F4N3. The molecule has 1 atom stereocenters. The smallest absolute Gasteiger partial charge is 0.324 e. The van der Waals surface area contributed by atoms with E-state index in [9.17, 15) is 17.6 Å². The first kappa shape index (κ1) is 13.3. The predicted octanol–water partition coefficient (Wildman–Crippen LogP) is 2.25. The van der Waals surface area contributed by atoms with E-state index in [-0.39, 0.29) is 5.92 Å². The zero-order valence-corrected chi connectivity index (χ0v) is 9.75. The van der Waals surface area contributed by atoms with Crippen LogP contribution in [0.2, 0.25) is 0 Å². The quantitative estimate of drug-likeness (QED) is 0.846. The second kappa shape index (κ2) is 5.26. The highest BCUT2D eigenvalue weighted by Crippen LogP contribution is 2.28. The van der Waals surface area contributed by atoms with E-state index in [2.05, 4.69) is 10.3 Å². The fourth-order valence-electron chi connectivity index (χ4n) is 2.20. The average molecular weight is 265 g/mol. The molecule has 102 valence electrons. The maximum Gasteiger partial charge on any atom is 0.324 e. The summed E-state index contributed by atoms with van der Waals surface area (Å²) in [5.41, 5.74) is 0.600. The Hall–Kier alpha value is -1.11. The van der Waals surface area contributed by atoms with Crippen LogP contribution in [0.4, 0.5) is 17.6 Å². The minimum absolute atomic E-state index is 0.0646. The lowest BCUT2D eigenvalue weighted by Crippen LogP contribution is -2.34. The molecule has 0 bridgehead atoms. The summed E-state index contributed by atoms with van der Waals surface area (Å²) in [6.45, 7) is 0.556. The van der Waals surface area contributed by atoms with Crippen molar-refractivity contribution in [3.63, 3.8) is 0 Å². The number of aromatic nitrogens is 2. The van der Waals surface area contributed by atoms with Gasteiger partial charge in [-0.3, -0.25) is 0 Å². The van der Waals surface area contributed by atoms with Gasteiger partial charge < -0.3 is 9.88 Å². The Balaban J connectivity index is 2.12. The molecule has 0 saturated carbocycles. The number of hydrogen-bond acceptors (Lipinski definition) is 2. The molecule has 18 heavy (non-hydrogen) atoms. The zero-order valence-electron chi connectivity index (χ0n) is 9.75. The second-order valence-corrected chi connectivity index (χ2v) is 4.55. The van der Waals surface area contributed by atoms with E-state index in [4.69, 9.17) is 0 Å². The molecule has 0 aromatic carbocycles. The van der Waals surface area contributed by atoms with Crippen molar-refractivity contribution in [3.8, 4) is 0 Å². The van der Waals surface area contributed by atoms with Crippen molar-refractivity contribution in [1.29, 1.82) is 0 Å². The summed E-state index contributed by atoms with van der Waals surface area (Å²) in [4.78, 5) is 3.80. The van der Waals surface area contributed by atoms with Crippen molar-refractivity contribution in [2.45, 2.75) is 37.7 Å². The molecule has 1 aromatic rings. The van der Waals surface area contributed by atoms with Crippen molar-refractivity contribution in [1.82, 2.24) is 14.9 Å². The summed E-state index contributed by atoms with van der Waals surface area (Å²) >= 11 is 0. The maximum atomic E-state index is 13.0. The van der Waals surface area contributed by atoms with Gasteiger partial charge >= 0.3 is 12.3 Å². The van der Waals surface area contributed by atoms with E-state index in [1.54, 1.807) is 0 Å². The standard InChI is InChI=1S/C11H15F4N3/c12-10(13)11(14,15)6-18-7-17-5-9(18)8-2-1-3-16-4-8/h5,7-8,10,16H,1-4,6H2. The van der Waals surface area contributed by atoms with E-state index in [0.717, 1.165) is 24.0 Å². The van der Waals surface area contributed by atoms with Crippen molar-refractivity contribution in [3.05, 3.63) is 18.2 Å². The molecule has 7 heteroatoms. The molecule has 0 spiro atoms.